The summed E-state index contributed by atoms with van der Waals surface area (Å²) in [5.74, 6) is 0.553. The molecule has 0 unspecified atom stereocenters. The molecular weight excluding hydrogens is 292 g/mol. The highest BCUT2D eigenvalue weighted by molar-refractivity contribution is 7.92. The van der Waals surface area contributed by atoms with Crippen LogP contribution < -0.4 is 14.8 Å². The number of fused-ring (bicyclic) bond motifs is 2. The standard InChI is InChI=1S/C14H12N2O4S/c1-21(18,19)16-9-6-7-12-10(8-9)14(17)15-11-4-2-3-5-13(11)20-12/h2-8,16H,1H3,(H,15,17). The van der Waals surface area contributed by atoms with Crippen LogP contribution in [0.4, 0.5) is 11.4 Å². The van der Waals surface area contributed by atoms with Gasteiger partial charge in [-0.05, 0) is 30.3 Å². The number of carbonyl (C=O) groups excluding carboxylic acids is 1. The second-order valence-electron chi connectivity index (χ2n) is 4.64. The molecule has 0 atom stereocenters. The molecule has 0 saturated carbocycles. The van der Waals surface area contributed by atoms with Crippen LogP contribution in [0.5, 0.6) is 11.5 Å². The van der Waals surface area contributed by atoms with Gasteiger partial charge in [0.1, 0.15) is 5.75 Å². The number of nitrogens with one attached hydrogen (secondary N) is 2. The van der Waals surface area contributed by atoms with Crippen LogP contribution in [0, 0.1) is 0 Å². The fourth-order valence-electron chi connectivity index (χ4n) is 2.04. The third kappa shape index (κ3) is 2.82. The van der Waals surface area contributed by atoms with Crippen LogP contribution in [0.25, 0.3) is 0 Å². The van der Waals surface area contributed by atoms with Crippen molar-refractivity contribution in [2.75, 3.05) is 16.3 Å². The summed E-state index contributed by atoms with van der Waals surface area (Å²) in [4.78, 5) is 12.2. The zero-order valence-electron chi connectivity index (χ0n) is 11.1. The molecule has 1 aliphatic heterocycles. The molecule has 6 nitrogen and oxygen atoms in total. The Morgan fingerprint density at radius 3 is 2.62 bits per heavy atom. The van der Waals surface area contributed by atoms with Gasteiger partial charge in [0.05, 0.1) is 17.5 Å². The summed E-state index contributed by atoms with van der Waals surface area (Å²) in [5, 5.41) is 2.73. The number of hydrogen-bond donors (Lipinski definition) is 2. The molecule has 0 aromatic heterocycles. The number of benzene rings is 2. The molecule has 21 heavy (non-hydrogen) atoms. The smallest absolute Gasteiger partial charge is 0.259 e. The highest BCUT2D eigenvalue weighted by Crippen LogP contribution is 2.36. The first-order chi connectivity index (χ1) is 9.92. The Bertz CT molecular complexity index is 831. The second-order valence-corrected chi connectivity index (χ2v) is 6.39. The summed E-state index contributed by atoms with van der Waals surface area (Å²) >= 11 is 0. The second kappa shape index (κ2) is 4.78. The van der Waals surface area contributed by atoms with Crippen LogP contribution in [0.3, 0.4) is 0 Å². The van der Waals surface area contributed by atoms with E-state index in [4.69, 9.17) is 4.74 Å². The van der Waals surface area contributed by atoms with E-state index in [2.05, 4.69) is 10.0 Å². The van der Waals surface area contributed by atoms with Gasteiger partial charge in [-0.1, -0.05) is 12.1 Å². The van der Waals surface area contributed by atoms with Crippen molar-refractivity contribution in [3.63, 3.8) is 0 Å². The van der Waals surface area contributed by atoms with Gasteiger partial charge in [-0.2, -0.15) is 0 Å². The molecule has 1 aliphatic rings. The monoisotopic (exact) mass is 304 g/mol. The average Bonchev–Trinajstić information content (AvgIpc) is 2.53. The minimum Gasteiger partial charge on any atom is -0.454 e. The van der Waals surface area contributed by atoms with E-state index in [1.54, 1.807) is 36.4 Å². The Balaban J connectivity index is 2.04. The maximum Gasteiger partial charge on any atom is 0.259 e. The van der Waals surface area contributed by atoms with E-state index in [1.807, 2.05) is 0 Å². The first-order valence-corrected chi connectivity index (χ1v) is 8.01. The molecule has 0 saturated heterocycles. The van der Waals surface area contributed by atoms with Crippen molar-refractivity contribution in [3.05, 3.63) is 48.0 Å². The number of ether oxygens (including phenoxy) is 1. The maximum atomic E-state index is 12.2. The number of para-hydroxylation sites is 2. The summed E-state index contributed by atoms with van der Waals surface area (Å²) in [6.07, 6.45) is 1.05. The lowest BCUT2D eigenvalue weighted by Crippen LogP contribution is -2.13. The molecule has 7 heteroatoms. The van der Waals surface area contributed by atoms with Crippen molar-refractivity contribution in [1.29, 1.82) is 0 Å². The van der Waals surface area contributed by atoms with Crippen LogP contribution in [0.2, 0.25) is 0 Å². The van der Waals surface area contributed by atoms with E-state index >= 15 is 0 Å². The zero-order chi connectivity index (χ0) is 15.0. The molecule has 2 aromatic rings. The summed E-state index contributed by atoms with van der Waals surface area (Å²) in [7, 11) is -3.41. The van der Waals surface area contributed by atoms with Crippen molar-refractivity contribution >= 4 is 27.3 Å². The third-order valence-corrected chi connectivity index (χ3v) is 3.49. The van der Waals surface area contributed by atoms with Crippen LogP contribution >= 0.6 is 0 Å². The first kappa shape index (κ1) is 13.4. The Hall–Kier alpha value is -2.54. The largest absolute Gasteiger partial charge is 0.454 e. The topological polar surface area (TPSA) is 84.5 Å². The molecule has 108 valence electrons. The number of carbonyl (C=O) groups is 1. The molecule has 0 spiro atoms. The van der Waals surface area contributed by atoms with Gasteiger partial charge in [0.25, 0.3) is 5.91 Å². The molecule has 0 radical (unpaired) electrons. The minimum atomic E-state index is -3.41. The Labute approximate surface area is 121 Å². The van der Waals surface area contributed by atoms with Crippen molar-refractivity contribution in [2.45, 2.75) is 0 Å². The molecule has 0 bridgehead atoms. The summed E-state index contributed by atoms with van der Waals surface area (Å²) in [6.45, 7) is 0. The van der Waals surface area contributed by atoms with E-state index in [0.29, 0.717) is 22.9 Å². The van der Waals surface area contributed by atoms with Crippen molar-refractivity contribution in [2.24, 2.45) is 0 Å². The quantitative estimate of drug-likeness (QED) is 0.892. The van der Waals surface area contributed by atoms with Crippen LogP contribution in [0.1, 0.15) is 10.4 Å². The Morgan fingerprint density at radius 1 is 1.10 bits per heavy atom. The van der Waals surface area contributed by atoms with E-state index < -0.39 is 10.0 Å². The molecule has 3 rings (SSSR count). The van der Waals surface area contributed by atoms with E-state index in [-0.39, 0.29) is 11.5 Å². The minimum absolute atomic E-state index is 0.264. The summed E-state index contributed by atoms with van der Waals surface area (Å²) < 4.78 is 30.5. The lowest BCUT2D eigenvalue weighted by molar-refractivity contribution is 0.102. The van der Waals surface area contributed by atoms with Gasteiger partial charge in [0.15, 0.2) is 5.75 Å². The predicted octanol–water partition coefficient (Wildman–Crippen LogP) is 2.42. The SMILES string of the molecule is CS(=O)(=O)Nc1ccc2c(c1)C(=O)Nc1ccccc1O2. The van der Waals surface area contributed by atoms with Crippen LogP contribution in [-0.2, 0) is 10.0 Å². The van der Waals surface area contributed by atoms with Gasteiger partial charge in [0, 0.05) is 5.69 Å². The fourth-order valence-corrected chi connectivity index (χ4v) is 2.60. The summed E-state index contributed by atoms with van der Waals surface area (Å²) in [6, 6.07) is 11.6. The predicted molar refractivity (Wildman–Crippen MR) is 79.4 cm³/mol. The maximum absolute atomic E-state index is 12.2. The fraction of sp³-hybridized carbons (Fsp3) is 0.0714. The highest BCUT2D eigenvalue weighted by atomic mass is 32.2. The number of rotatable bonds is 2. The highest BCUT2D eigenvalue weighted by Gasteiger charge is 2.21. The molecule has 0 fully saturated rings. The molecule has 2 N–H and O–H groups in total. The van der Waals surface area contributed by atoms with Gasteiger partial charge in [0.2, 0.25) is 10.0 Å². The van der Waals surface area contributed by atoms with Crippen LogP contribution in [0.15, 0.2) is 42.5 Å². The number of anilines is 2. The third-order valence-electron chi connectivity index (χ3n) is 2.88. The van der Waals surface area contributed by atoms with Gasteiger partial charge >= 0.3 is 0 Å². The zero-order valence-corrected chi connectivity index (χ0v) is 11.9. The average molecular weight is 304 g/mol. The van der Waals surface area contributed by atoms with Crippen LogP contribution in [-0.4, -0.2) is 20.6 Å². The lowest BCUT2D eigenvalue weighted by Gasteiger charge is -2.09. The Morgan fingerprint density at radius 2 is 1.86 bits per heavy atom. The van der Waals surface area contributed by atoms with Gasteiger partial charge in [-0.15, -0.1) is 0 Å². The van der Waals surface area contributed by atoms with Gasteiger partial charge in [-0.3, -0.25) is 9.52 Å². The van der Waals surface area contributed by atoms with Crippen molar-refractivity contribution < 1.29 is 17.9 Å². The molecular formula is C14H12N2O4S. The number of sulfonamides is 1. The van der Waals surface area contributed by atoms with E-state index in [9.17, 15) is 13.2 Å². The molecule has 2 aromatic carbocycles. The van der Waals surface area contributed by atoms with Crippen molar-refractivity contribution in [3.8, 4) is 11.5 Å². The molecule has 0 aliphatic carbocycles. The number of hydrogen-bond acceptors (Lipinski definition) is 4. The van der Waals surface area contributed by atoms with Gasteiger partial charge in [-0.25, -0.2) is 8.42 Å². The normalized spacial score (nSPS) is 13.3. The van der Waals surface area contributed by atoms with Crippen molar-refractivity contribution in [1.82, 2.24) is 0 Å². The van der Waals surface area contributed by atoms with E-state index in [0.717, 1.165) is 6.26 Å². The Kier molecular flexibility index (Phi) is 3.06. The lowest BCUT2D eigenvalue weighted by atomic mass is 10.1. The first-order valence-electron chi connectivity index (χ1n) is 6.12. The van der Waals surface area contributed by atoms with Gasteiger partial charge < -0.3 is 10.1 Å². The molecule has 1 amide bonds. The van der Waals surface area contributed by atoms with E-state index in [1.165, 1.54) is 6.07 Å². The number of amides is 1. The summed E-state index contributed by atoms with van der Waals surface area (Å²) in [5.41, 5.74) is 1.14. The molecule has 1 heterocycles.